The van der Waals surface area contributed by atoms with Crippen LogP contribution < -0.4 is 5.56 Å². The lowest BCUT2D eigenvalue weighted by atomic mass is 10.1. The number of thiophene rings is 1. The SMILES string of the molecule is O=c1c2c(-c3ccccc3)csc2nc2c3ccccc3cnn12. The summed E-state index contributed by atoms with van der Waals surface area (Å²) in [5.74, 6) is 0. The van der Waals surface area contributed by atoms with Crippen LogP contribution in [-0.4, -0.2) is 14.6 Å². The van der Waals surface area contributed by atoms with Gasteiger partial charge in [-0.25, -0.2) is 4.98 Å². The summed E-state index contributed by atoms with van der Waals surface area (Å²) >= 11 is 1.49. The van der Waals surface area contributed by atoms with Crippen molar-refractivity contribution in [1.29, 1.82) is 0 Å². The Morgan fingerprint density at radius 3 is 2.62 bits per heavy atom. The molecule has 3 aromatic heterocycles. The molecule has 24 heavy (non-hydrogen) atoms. The predicted molar refractivity (Wildman–Crippen MR) is 97.6 cm³/mol. The van der Waals surface area contributed by atoms with Crippen LogP contribution in [0.15, 0.2) is 71.0 Å². The van der Waals surface area contributed by atoms with Crippen molar-refractivity contribution in [2.24, 2.45) is 0 Å². The van der Waals surface area contributed by atoms with E-state index in [1.54, 1.807) is 6.20 Å². The largest absolute Gasteiger partial charge is 0.283 e. The normalized spacial score (nSPS) is 11.5. The van der Waals surface area contributed by atoms with Crippen LogP contribution in [-0.2, 0) is 0 Å². The van der Waals surface area contributed by atoms with Crippen molar-refractivity contribution in [3.8, 4) is 11.1 Å². The minimum atomic E-state index is -0.124. The van der Waals surface area contributed by atoms with E-state index in [4.69, 9.17) is 4.98 Å². The van der Waals surface area contributed by atoms with Gasteiger partial charge in [-0.2, -0.15) is 9.61 Å². The van der Waals surface area contributed by atoms with Gasteiger partial charge in [0.15, 0.2) is 5.65 Å². The molecule has 0 saturated heterocycles. The van der Waals surface area contributed by atoms with E-state index < -0.39 is 0 Å². The fourth-order valence-electron chi connectivity index (χ4n) is 3.03. The van der Waals surface area contributed by atoms with Gasteiger partial charge < -0.3 is 0 Å². The average Bonchev–Trinajstić information content (AvgIpc) is 3.07. The van der Waals surface area contributed by atoms with Crippen LogP contribution in [0.1, 0.15) is 0 Å². The van der Waals surface area contributed by atoms with Crippen molar-refractivity contribution in [2.75, 3.05) is 0 Å². The highest BCUT2D eigenvalue weighted by Gasteiger charge is 2.15. The van der Waals surface area contributed by atoms with Crippen LogP contribution in [0.2, 0.25) is 0 Å². The molecule has 5 rings (SSSR count). The van der Waals surface area contributed by atoms with Gasteiger partial charge in [-0.05, 0) is 5.56 Å². The van der Waals surface area contributed by atoms with Crippen molar-refractivity contribution < 1.29 is 0 Å². The molecule has 0 aliphatic carbocycles. The molecule has 0 N–H and O–H groups in total. The van der Waals surface area contributed by atoms with Gasteiger partial charge in [0.25, 0.3) is 5.56 Å². The maximum Gasteiger partial charge on any atom is 0.283 e. The van der Waals surface area contributed by atoms with Crippen molar-refractivity contribution in [3.05, 3.63) is 76.5 Å². The van der Waals surface area contributed by atoms with E-state index in [1.807, 2.05) is 60.0 Å². The molecule has 0 atom stereocenters. The van der Waals surface area contributed by atoms with E-state index in [0.717, 1.165) is 26.7 Å². The van der Waals surface area contributed by atoms with E-state index in [0.29, 0.717) is 11.0 Å². The Kier molecular flexibility index (Phi) is 2.78. The highest BCUT2D eigenvalue weighted by atomic mass is 32.1. The zero-order valence-electron chi connectivity index (χ0n) is 12.5. The number of hydrogen-bond acceptors (Lipinski definition) is 4. The lowest BCUT2D eigenvalue weighted by Crippen LogP contribution is -2.17. The third-order valence-corrected chi connectivity index (χ3v) is 5.06. The molecule has 5 heteroatoms. The van der Waals surface area contributed by atoms with Crippen molar-refractivity contribution in [1.82, 2.24) is 14.6 Å². The Hall–Kier alpha value is -3.05. The van der Waals surface area contributed by atoms with E-state index in [9.17, 15) is 4.79 Å². The number of aromatic nitrogens is 3. The minimum absolute atomic E-state index is 0.124. The molecule has 2 aromatic carbocycles. The standard InChI is InChI=1S/C19H11N3OS/c23-19-16-15(12-6-2-1-3-7-12)11-24-18(16)21-17-14-9-5-4-8-13(14)10-20-22(17)19/h1-11H. The van der Waals surface area contributed by atoms with Crippen LogP contribution in [0, 0.1) is 0 Å². The summed E-state index contributed by atoms with van der Waals surface area (Å²) in [6.07, 6.45) is 1.71. The fourth-order valence-corrected chi connectivity index (χ4v) is 3.96. The monoisotopic (exact) mass is 329 g/mol. The summed E-state index contributed by atoms with van der Waals surface area (Å²) in [6.45, 7) is 0. The molecule has 4 nitrogen and oxygen atoms in total. The number of nitrogens with zero attached hydrogens (tertiary/aromatic N) is 3. The molecule has 114 valence electrons. The first kappa shape index (κ1) is 13.4. The van der Waals surface area contributed by atoms with E-state index in [-0.39, 0.29) is 5.56 Å². The van der Waals surface area contributed by atoms with Gasteiger partial charge in [0.2, 0.25) is 0 Å². The van der Waals surface area contributed by atoms with Gasteiger partial charge in [0.1, 0.15) is 4.83 Å². The van der Waals surface area contributed by atoms with Crippen LogP contribution in [0.3, 0.4) is 0 Å². The first-order valence-electron chi connectivity index (χ1n) is 7.56. The van der Waals surface area contributed by atoms with Crippen molar-refractivity contribution >= 4 is 38.0 Å². The van der Waals surface area contributed by atoms with Gasteiger partial charge in [0.05, 0.1) is 11.6 Å². The second-order valence-electron chi connectivity index (χ2n) is 5.58. The minimum Gasteiger partial charge on any atom is -0.267 e. The lowest BCUT2D eigenvalue weighted by Gasteiger charge is -2.04. The first-order valence-corrected chi connectivity index (χ1v) is 8.44. The smallest absolute Gasteiger partial charge is 0.267 e. The molecule has 0 spiro atoms. The van der Waals surface area contributed by atoms with E-state index in [2.05, 4.69) is 5.10 Å². The Bertz CT molecular complexity index is 1270. The summed E-state index contributed by atoms with van der Waals surface area (Å²) in [5.41, 5.74) is 2.41. The maximum atomic E-state index is 13.1. The highest BCUT2D eigenvalue weighted by molar-refractivity contribution is 7.17. The fraction of sp³-hybridized carbons (Fsp3) is 0. The molecule has 0 aliphatic heterocycles. The van der Waals surface area contributed by atoms with Gasteiger partial charge in [0, 0.05) is 21.7 Å². The second-order valence-corrected chi connectivity index (χ2v) is 6.44. The third-order valence-electron chi connectivity index (χ3n) is 4.18. The zero-order chi connectivity index (χ0) is 16.1. The average molecular weight is 329 g/mol. The quantitative estimate of drug-likeness (QED) is 0.435. The summed E-state index contributed by atoms with van der Waals surface area (Å²) in [6, 6.07) is 17.8. The summed E-state index contributed by atoms with van der Waals surface area (Å²) in [4.78, 5) is 18.5. The molecule has 0 bridgehead atoms. The van der Waals surface area contributed by atoms with Gasteiger partial charge in [-0.15, -0.1) is 11.3 Å². The Morgan fingerprint density at radius 2 is 1.75 bits per heavy atom. The van der Waals surface area contributed by atoms with Crippen LogP contribution in [0.4, 0.5) is 0 Å². The van der Waals surface area contributed by atoms with Crippen LogP contribution in [0.25, 0.3) is 37.8 Å². The predicted octanol–water partition coefficient (Wildman–Crippen LogP) is 4.12. The molecule has 0 unspecified atom stereocenters. The molecular formula is C19H11N3OS. The molecule has 0 radical (unpaired) electrons. The zero-order valence-corrected chi connectivity index (χ0v) is 13.3. The molecule has 0 saturated carbocycles. The van der Waals surface area contributed by atoms with Crippen molar-refractivity contribution in [2.45, 2.75) is 0 Å². The molecule has 0 fully saturated rings. The van der Waals surface area contributed by atoms with E-state index in [1.165, 1.54) is 15.9 Å². The van der Waals surface area contributed by atoms with Crippen molar-refractivity contribution in [3.63, 3.8) is 0 Å². The number of fused-ring (bicyclic) bond motifs is 4. The molecular weight excluding hydrogens is 318 g/mol. The highest BCUT2D eigenvalue weighted by Crippen LogP contribution is 2.31. The molecule has 0 amide bonds. The summed E-state index contributed by atoms with van der Waals surface area (Å²) in [7, 11) is 0. The Morgan fingerprint density at radius 1 is 0.958 bits per heavy atom. The summed E-state index contributed by atoms with van der Waals surface area (Å²) in [5, 5.41) is 8.85. The second kappa shape index (κ2) is 4.97. The van der Waals surface area contributed by atoms with Crippen LogP contribution >= 0.6 is 11.3 Å². The Labute approximate surface area is 140 Å². The Balaban J connectivity index is 1.95. The molecule has 3 heterocycles. The third kappa shape index (κ3) is 1.82. The van der Waals surface area contributed by atoms with E-state index >= 15 is 0 Å². The first-order chi connectivity index (χ1) is 11.8. The number of benzene rings is 2. The summed E-state index contributed by atoms with van der Waals surface area (Å²) < 4.78 is 1.41. The number of hydrogen-bond donors (Lipinski definition) is 0. The van der Waals surface area contributed by atoms with Gasteiger partial charge >= 0.3 is 0 Å². The topological polar surface area (TPSA) is 47.3 Å². The number of rotatable bonds is 1. The van der Waals surface area contributed by atoms with Gasteiger partial charge in [-0.1, -0.05) is 54.6 Å². The van der Waals surface area contributed by atoms with Crippen LogP contribution in [0.5, 0.6) is 0 Å². The van der Waals surface area contributed by atoms with Gasteiger partial charge in [-0.3, -0.25) is 4.79 Å². The molecule has 0 aliphatic rings. The maximum absolute atomic E-state index is 13.1. The molecule has 5 aromatic rings. The lowest BCUT2D eigenvalue weighted by molar-refractivity contribution is 0.893.